The number of carbonyl (C=O) groups is 2. The zero-order valence-electron chi connectivity index (χ0n) is 17.2. The molecule has 0 saturated carbocycles. The fourth-order valence-electron chi connectivity index (χ4n) is 3.65. The molecule has 3 heterocycles. The molecular weight excluding hydrogens is 427 g/mol. The fraction of sp³-hybridized carbons (Fsp3) is 0.429. The summed E-state index contributed by atoms with van der Waals surface area (Å²) in [6.07, 6.45) is 5.01. The van der Waals surface area contributed by atoms with E-state index >= 15 is 0 Å². The van der Waals surface area contributed by atoms with Crippen molar-refractivity contribution in [3.05, 3.63) is 51.4 Å². The summed E-state index contributed by atoms with van der Waals surface area (Å²) in [5.74, 6) is -0.0363. The van der Waals surface area contributed by atoms with E-state index in [2.05, 4.69) is 9.97 Å². The fourth-order valence-corrected chi connectivity index (χ4v) is 4.17. The van der Waals surface area contributed by atoms with Gasteiger partial charge in [0.05, 0.1) is 22.7 Å². The number of rotatable bonds is 4. The van der Waals surface area contributed by atoms with E-state index in [1.54, 1.807) is 29.0 Å². The number of pyridine rings is 2. The lowest BCUT2D eigenvalue weighted by Crippen LogP contribution is -2.38. The highest BCUT2D eigenvalue weighted by Crippen LogP contribution is 2.27. The minimum absolute atomic E-state index is 0.0337. The number of hydrogen-bond donors (Lipinski definition) is 0. The lowest BCUT2D eigenvalue weighted by molar-refractivity contribution is 0.0709. The molecule has 0 bridgehead atoms. The highest BCUT2D eigenvalue weighted by molar-refractivity contribution is 6.39. The van der Waals surface area contributed by atoms with Gasteiger partial charge in [0.2, 0.25) is 5.88 Å². The second-order valence-corrected chi connectivity index (χ2v) is 8.10. The van der Waals surface area contributed by atoms with Crippen molar-refractivity contribution in [3.8, 4) is 5.88 Å². The maximum Gasteiger partial charge on any atom is 0.259 e. The molecule has 7 nitrogen and oxygen atoms in total. The second kappa shape index (κ2) is 9.62. The van der Waals surface area contributed by atoms with Gasteiger partial charge in [-0.2, -0.15) is 0 Å². The summed E-state index contributed by atoms with van der Waals surface area (Å²) in [7, 11) is 3.25. The van der Waals surface area contributed by atoms with Crippen LogP contribution in [0.3, 0.4) is 0 Å². The number of nitrogens with zero attached hydrogens (tertiary/aromatic N) is 4. The summed E-state index contributed by atoms with van der Waals surface area (Å²) in [4.78, 5) is 37.7. The Bertz CT molecular complexity index is 934. The predicted octanol–water partition coefficient (Wildman–Crippen LogP) is 3.87. The molecule has 0 N–H and O–H groups in total. The van der Waals surface area contributed by atoms with Crippen LogP contribution in [0.5, 0.6) is 5.88 Å². The van der Waals surface area contributed by atoms with Gasteiger partial charge < -0.3 is 14.5 Å². The molecule has 3 rings (SSSR count). The van der Waals surface area contributed by atoms with Gasteiger partial charge >= 0.3 is 0 Å². The van der Waals surface area contributed by atoms with Gasteiger partial charge in [0, 0.05) is 44.3 Å². The molecule has 0 aromatic carbocycles. The molecule has 1 unspecified atom stereocenters. The molecule has 0 spiro atoms. The molecule has 1 aliphatic heterocycles. The third-order valence-electron chi connectivity index (χ3n) is 5.34. The Morgan fingerprint density at radius 1 is 1.17 bits per heavy atom. The first kappa shape index (κ1) is 22.3. The van der Waals surface area contributed by atoms with Crippen LogP contribution in [-0.4, -0.2) is 64.9 Å². The minimum atomic E-state index is -0.249. The predicted molar refractivity (Wildman–Crippen MR) is 115 cm³/mol. The van der Waals surface area contributed by atoms with Crippen LogP contribution in [0.1, 0.15) is 45.7 Å². The number of ether oxygens (including phenoxy) is 1. The highest BCUT2D eigenvalue weighted by Gasteiger charge is 2.29. The maximum absolute atomic E-state index is 13.0. The number of aromatic nitrogens is 2. The van der Waals surface area contributed by atoms with Crippen molar-refractivity contribution in [1.82, 2.24) is 19.8 Å². The van der Waals surface area contributed by atoms with Crippen molar-refractivity contribution in [3.63, 3.8) is 0 Å². The van der Waals surface area contributed by atoms with Crippen LogP contribution in [0.25, 0.3) is 0 Å². The molecule has 2 aromatic rings. The van der Waals surface area contributed by atoms with Crippen molar-refractivity contribution in [2.45, 2.75) is 32.2 Å². The number of methoxy groups -OCH3 is 1. The second-order valence-electron chi connectivity index (χ2n) is 7.28. The van der Waals surface area contributed by atoms with Crippen molar-refractivity contribution >= 4 is 35.0 Å². The van der Waals surface area contributed by atoms with Crippen LogP contribution in [0, 0.1) is 6.92 Å². The van der Waals surface area contributed by atoms with E-state index in [-0.39, 0.29) is 33.5 Å². The van der Waals surface area contributed by atoms with Gasteiger partial charge in [0.25, 0.3) is 11.8 Å². The van der Waals surface area contributed by atoms with Crippen molar-refractivity contribution in [1.29, 1.82) is 0 Å². The Labute approximate surface area is 185 Å². The Hall–Kier alpha value is -2.38. The van der Waals surface area contributed by atoms with Gasteiger partial charge in [-0.25, -0.2) is 4.98 Å². The Morgan fingerprint density at radius 2 is 1.87 bits per heavy atom. The number of amides is 2. The standard InChI is InChI=1S/C21H24Cl2N4O3/c1-13-6-7-15(19(25-13)30-3)20(28)27-9-4-5-14(8-10-27)26(2)21(29)18-16(22)11-24-12-17(18)23/h6-7,11-12,14H,4-5,8-10H2,1-3H3. The largest absolute Gasteiger partial charge is 0.480 e. The number of likely N-dealkylation sites (tertiary alicyclic amines) is 1. The van der Waals surface area contributed by atoms with E-state index in [0.717, 1.165) is 18.5 Å². The van der Waals surface area contributed by atoms with Crippen LogP contribution in [0.4, 0.5) is 0 Å². The lowest BCUT2D eigenvalue weighted by atomic mass is 10.1. The molecule has 2 aromatic heterocycles. The zero-order valence-corrected chi connectivity index (χ0v) is 18.7. The number of aryl methyl sites for hydroxylation is 1. The van der Waals surface area contributed by atoms with Gasteiger partial charge in [-0.3, -0.25) is 14.6 Å². The topological polar surface area (TPSA) is 75.6 Å². The Balaban J connectivity index is 1.72. The molecule has 0 aliphatic carbocycles. The number of hydrogen-bond acceptors (Lipinski definition) is 5. The zero-order chi connectivity index (χ0) is 21.8. The first-order valence-corrected chi connectivity index (χ1v) is 10.5. The molecule has 1 saturated heterocycles. The molecule has 2 amide bonds. The summed E-state index contributed by atoms with van der Waals surface area (Å²) >= 11 is 12.3. The first-order chi connectivity index (χ1) is 14.3. The lowest BCUT2D eigenvalue weighted by Gasteiger charge is -2.28. The quantitative estimate of drug-likeness (QED) is 0.706. The first-order valence-electron chi connectivity index (χ1n) is 9.70. The summed E-state index contributed by atoms with van der Waals surface area (Å²) in [6, 6.07) is 3.51. The molecule has 1 fully saturated rings. The molecule has 0 radical (unpaired) electrons. The van der Waals surface area contributed by atoms with Crippen LogP contribution in [0.2, 0.25) is 10.0 Å². The van der Waals surface area contributed by atoms with Gasteiger partial charge in [-0.1, -0.05) is 23.2 Å². The minimum Gasteiger partial charge on any atom is -0.480 e. The van der Waals surface area contributed by atoms with E-state index in [1.807, 2.05) is 6.92 Å². The highest BCUT2D eigenvalue weighted by atomic mass is 35.5. The molecule has 30 heavy (non-hydrogen) atoms. The van der Waals surface area contributed by atoms with Crippen LogP contribution < -0.4 is 4.74 Å². The molecule has 1 aliphatic rings. The third-order valence-corrected chi connectivity index (χ3v) is 5.92. The van der Waals surface area contributed by atoms with E-state index in [4.69, 9.17) is 27.9 Å². The van der Waals surface area contributed by atoms with Crippen LogP contribution >= 0.6 is 23.2 Å². The van der Waals surface area contributed by atoms with Crippen molar-refractivity contribution < 1.29 is 14.3 Å². The van der Waals surface area contributed by atoms with Gasteiger partial charge in [-0.05, 0) is 38.3 Å². The van der Waals surface area contributed by atoms with Crippen LogP contribution in [-0.2, 0) is 0 Å². The molecule has 1 atom stereocenters. The van der Waals surface area contributed by atoms with Crippen molar-refractivity contribution in [2.24, 2.45) is 0 Å². The SMILES string of the molecule is COc1nc(C)ccc1C(=O)N1CCCC(N(C)C(=O)c2c(Cl)cncc2Cl)CC1. The average molecular weight is 451 g/mol. The smallest absolute Gasteiger partial charge is 0.259 e. The summed E-state index contributed by atoms with van der Waals surface area (Å²) in [5.41, 5.74) is 1.48. The van der Waals surface area contributed by atoms with E-state index in [1.165, 1.54) is 19.5 Å². The van der Waals surface area contributed by atoms with E-state index < -0.39 is 0 Å². The molecular formula is C21H24Cl2N4O3. The maximum atomic E-state index is 13.0. The summed E-state index contributed by atoms with van der Waals surface area (Å²) in [6.45, 7) is 2.97. The molecule has 9 heteroatoms. The van der Waals surface area contributed by atoms with Gasteiger partial charge in [-0.15, -0.1) is 0 Å². The average Bonchev–Trinajstić information content (AvgIpc) is 2.98. The van der Waals surface area contributed by atoms with Crippen molar-refractivity contribution in [2.75, 3.05) is 27.2 Å². The van der Waals surface area contributed by atoms with Crippen LogP contribution in [0.15, 0.2) is 24.5 Å². The molecule has 160 valence electrons. The van der Waals surface area contributed by atoms with E-state index in [9.17, 15) is 9.59 Å². The third kappa shape index (κ3) is 4.68. The number of halogens is 2. The monoisotopic (exact) mass is 450 g/mol. The van der Waals surface area contributed by atoms with E-state index in [0.29, 0.717) is 31.0 Å². The Kier molecular flexibility index (Phi) is 7.15. The normalized spacial score (nSPS) is 16.7. The van der Waals surface area contributed by atoms with Gasteiger partial charge in [0.15, 0.2) is 0 Å². The van der Waals surface area contributed by atoms with Gasteiger partial charge in [0.1, 0.15) is 5.56 Å². The number of carbonyl (C=O) groups excluding carboxylic acids is 2. The summed E-state index contributed by atoms with van der Waals surface area (Å²) in [5, 5.41) is 0.451. The summed E-state index contributed by atoms with van der Waals surface area (Å²) < 4.78 is 5.29. The Morgan fingerprint density at radius 3 is 2.53 bits per heavy atom.